The first-order chi connectivity index (χ1) is 12.3. The highest BCUT2D eigenvalue weighted by Gasteiger charge is 2.22. The van der Waals surface area contributed by atoms with Crippen molar-refractivity contribution in [2.75, 3.05) is 0 Å². The Morgan fingerprint density at radius 1 is 1.38 bits per heavy atom. The highest BCUT2D eigenvalue weighted by atomic mass is 35.5. The lowest BCUT2D eigenvalue weighted by atomic mass is 10.2. The Morgan fingerprint density at radius 3 is 2.81 bits per heavy atom. The number of hydrogen-bond donors (Lipinski definition) is 0. The van der Waals surface area contributed by atoms with E-state index >= 15 is 0 Å². The lowest BCUT2D eigenvalue weighted by Crippen LogP contribution is -2.16. The Morgan fingerprint density at radius 2 is 2.12 bits per heavy atom. The average molecular weight is 395 g/mol. The third kappa shape index (κ3) is 3.52. The van der Waals surface area contributed by atoms with Gasteiger partial charge in [0, 0.05) is 23.7 Å². The van der Waals surface area contributed by atoms with E-state index in [2.05, 4.69) is 10.1 Å². The minimum Gasteiger partial charge on any atom is -0.455 e. The number of halogens is 1. The largest absolute Gasteiger partial charge is 0.455 e. The smallest absolute Gasteiger partial charge is 0.343 e. The summed E-state index contributed by atoms with van der Waals surface area (Å²) in [6, 6.07) is 1.37. The lowest BCUT2D eigenvalue weighted by Gasteiger charge is -2.07. The molecule has 0 spiro atoms. The van der Waals surface area contributed by atoms with Gasteiger partial charge in [-0.15, -0.1) is 11.3 Å². The molecule has 0 aromatic carbocycles. The van der Waals surface area contributed by atoms with Gasteiger partial charge in [0.15, 0.2) is 4.96 Å². The molecule has 3 rings (SSSR count). The minimum absolute atomic E-state index is 0.105. The second-order valence-corrected chi connectivity index (χ2v) is 7.68. The first kappa shape index (κ1) is 18.6. The molecule has 0 unspecified atom stereocenters. The number of ether oxygens (including phenoxy) is 1. The Labute approximate surface area is 159 Å². The van der Waals surface area contributed by atoms with Crippen LogP contribution in [0.15, 0.2) is 16.2 Å². The maximum atomic E-state index is 12.4. The fraction of sp³-hybridized carbons (Fsp3) is 0.412. The number of esters is 1. The van der Waals surface area contributed by atoms with Crippen molar-refractivity contribution in [1.29, 1.82) is 0 Å². The summed E-state index contributed by atoms with van der Waals surface area (Å²) in [6.07, 6.45) is 0. The van der Waals surface area contributed by atoms with Crippen LogP contribution in [-0.4, -0.2) is 25.1 Å². The van der Waals surface area contributed by atoms with E-state index in [0.29, 0.717) is 28.8 Å². The van der Waals surface area contributed by atoms with Crippen molar-refractivity contribution < 1.29 is 9.53 Å². The predicted molar refractivity (Wildman–Crippen MR) is 100 cm³/mol. The summed E-state index contributed by atoms with van der Waals surface area (Å²) < 4.78 is 8.44. The zero-order valence-electron chi connectivity index (χ0n) is 14.9. The number of fused-ring (bicyclic) bond motifs is 1. The van der Waals surface area contributed by atoms with Crippen LogP contribution in [0.5, 0.6) is 0 Å². The second kappa shape index (κ2) is 7.20. The number of carbonyl (C=O) groups is 1. The number of carbonyl (C=O) groups excluding carboxylic acids is 1. The molecule has 0 N–H and O–H groups in total. The van der Waals surface area contributed by atoms with E-state index in [0.717, 1.165) is 5.69 Å². The van der Waals surface area contributed by atoms with Crippen LogP contribution >= 0.6 is 22.9 Å². The van der Waals surface area contributed by atoms with Crippen molar-refractivity contribution in [2.45, 2.75) is 40.8 Å². The molecule has 0 saturated heterocycles. The number of nitrogens with zero attached hydrogens (tertiary/aromatic N) is 4. The third-order valence-corrected chi connectivity index (χ3v) is 5.12. The van der Waals surface area contributed by atoms with Gasteiger partial charge in [0.1, 0.15) is 17.3 Å². The van der Waals surface area contributed by atoms with Gasteiger partial charge in [-0.25, -0.2) is 9.78 Å². The minimum atomic E-state index is -0.577. The molecule has 0 aliphatic carbocycles. The van der Waals surface area contributed by atoms with E-state index < -0.39 is 5.97 Å². The summed E-state index contributed by atoms with van der Waals surface area (Å²) in [7, 11) is 0. The molecule has 0 atom stereocenters. The number of aryl methyl sites for hydroxylation is 2. The van der Waals surface area contributed by atoms with E-state index in [1.807, 2.05) is 26.2 Å². The molecule has 26 heavy (non-hydrogen) atoms. The van der Waals surface area contributed by atoms with E-state index in [1.165, 1.54) is 21.8 Å². The maximum absolute atomic E-state index is 12.4. The summed E-state index contributed by atoms with van der Waals surface area (Å²) in [5.74, 6) is -0.235. The molecule has 3 heterocycles. The van der Waals surface area contributed by atoms with Crippen molar-refractivity contribution in [1.82, 2.24) is 19.2 Å². The van der Waals surface area contributed by atoms with Crippen LogP contribution in [0, 0.1) is 19.8 Å². The van der Waals surface area contributed by atoms with Gasteiger partial charge < -0.3 is 4.74 Å². The molecule has 9 heteroatoms. The Kier molecular flexibility index (Phi) is 5.15. The van der Waals surface area contributed by atoms with Gasteiger partial charge in [0.2, 0.25) is 0 Å². The molecule has 0 amide bonds. The Balaban J connectivity index is 1.79. The topological polar surface area (TPSA) is 78.5 Å². The van der Waals surface area contributed by atoms with Crippen LogP contribution in [0.25, 0.3) is 4.96 Å². The monoisotopic (exact) mass is 394 g/mol. The molecule has 0 aliphatic heterocycles. The van der Waals surface area contributed by atoms with Gasteiger partial charge in [0.05, 0.1) is 11.4 Å². The van der Waals surface area contributed by atoms with Crippen LogP contribution in [0.1, 0.15) is 41.3 Å². The summed E-state index contributed by atoms with van der Waals surface area (Å²) in [5, 5.41) is 6.42. The molecule has 0 radical (unpaired) electrons. The highest BCUT2D eigenvalue weighted by Crippen LogP contribution is 2.22. The van der Waals surface area contributed by atoms with Crippen LogP contribution in [0.3, 0.4) is 0 Å². The van der Waals surface area contributed by atoms with Gasteiger partial charge in [-0.2, -0.15) is 5.10 Å². The molecule has 0 saturated carbocycles. The molecular weight excluding hydrogens is 376 g/mol. The molecule has 7 nitrogen and oxygen atoms in total. The standard InChI is InChI=1S/C17H19ClN4O3S/c1-9(2)6-21-15(18)14(11(4)20-21)16(24)25-7-12-5-13(23)22-10(3)8-26-17(22)19-12/h5,8-9H,6-7H2,1-4H3. The number of hydrogen-bond acceptors (Lipinski definition) is 6. The number of aromatic nitrogens is 4. The van der Waals surface area contributed by atoms with Crippen LogP contribution in [0.2, 0.25) is 5.15 Å². The van der Waals surface area contributed by atoms with Crippen molar-refractivity contribution in [3.05, 3.63) is 49.6 Å². The highest BCUT2D eigenvalue weighted by molar-refractivity contribution is 7.15. The fourth-order valence-electron chi connectivity index (χ4n) is 2.64. The molecule has 0 bridgehead atoms. The average Bonchev–Trinajstić information content (AvgIpc) is 3.05. The van der Waals surface area contributed by atoms with Crippen molar-refractivity contribution in [2.24, 2.45) is 5.92 Å². The fourth-order valence-corrected chi connectivity index (χ4v) is 3.85. The summed E-state index contributed by atoms with van der Waals surface area (Å²) in [6.45, 7) is 8.14. The Bertz CT molecular complexity index is 1030. The quantitative estimate of drug-likeness (QED) is 0.621. The van der Waals surface area contributed by atoms with Crippen LogP contribution < -0.4 is 5.56 Å². The van der Waals surface area contributed by atoms with Gasteiger partial charge in [-0.05, 0) is 19.8 Å². The van der Waals surface area contributed by atoms with Gasteiger partial charge in [-0.1, -0.05) is 25.4 Å². The normalized spacial score (nSPS) is 11.5. The van der Waals surface area contributed by atoms with E-state index in [9.17, 15) is 9.59 Å². The van der Waals surface area contributed by atoms with Crippen LogP contribution in [0.4, 0.5) is 0 Å². The molecule has 3 aromatic heterocycles. The maximum Gasteiger partial charge on any atom is 0.343 e. The third-order valence-electron chi connectivity index (χ3n) is 3.79. The first-order valence-corrected chi connectivity index (χ1v) is 9.40. The van der Waals surface area contributed by atoms with E-state index in [4.69, 9.17) is 16.3 Å². The summed E-state index contributed by atoms with van der Waals surface area (Å²) in [4.78, 5) is 29.5. The summed E-state index contributed by atoms with van der Waals surface area (Å²) in [5.41, 5.74) is 1.79. The lowest BCUT2D eigenvalue weighted by molar-refractivity contribution is 0.0467. The number of thiazole rings is 1. The second-order valence-electron chi connectivity index (χ2n) is 6.48. The Hall–Kier alpha value is -2.19. The van der Waals surface area contributed by atoms with Gasteiger partial charge >= 0.3 is 5.97 Å². The van der Waals surface area contributed by atoms with Crippen molar-refractivity contribution in [3.63, 3.8) is 0 Å². The van der Waals surface area contributed by atoms with Gasteiger partial charge in [0.25, 0.3) is 5.56 Å². The van der Waals surface area contributed by atoms with Gasteiger partial charge in [-0.3, -0.25) is 13.9 Å². The zero-order valence-corrected chi connectivity index (χ0v) is 16.5. The first-order valence-electron chi connectivity index (χ1n) is 8.14. The number of rotatable bonds is 5. The van der Waals surface area contributed by atoms with Crippen LogP contribution in [-0.2, 0) is 17.9 Å². The van der Waals surface area contributed by atoms with Crippen molar-refractivity contribution in [3.8, 4) is 0 Å². The van der Waals surface area contributed by atoms with E-state index in [-0.39, 0.29) is 22.9 Å². The SMILES string of the molecule is Cc1nn(CC(C)C)c(Cl)c1C(=O)OCc1cc(=O)n2c(C)csc2n1. The van der Waals surface area contributed by atoms with Crippen molar-refractivity contribution >= 4 is 33.9 Å². The molecule has 3 aromatic rings. The molecular formula is C17H19ClN4O3S. The predicted octanol–water partition coefficient (Wildman–Crippen LogP) is 3.24. The molecule has 0 fully saturated rings. The zero-order chi connectivity index (χ0) is 19.0. The van der Waals surface area contributed by atoms with E-state index in [1.54, 1.807) is 11.6 Å². The molecule has 138 valence electrons. The molecule has 0 aliphatic rings. The summed E-state index contributed by atoms with van der Waals surface area (Å²) >= 11 is 7.65.